The first-order valence-corrected chi connectivity index (χ1v) is 4.47. The highest BCUT2D eigenvalue weighted by atomic mass is 15.2. The predicted molar refractivity (Wildman–Crippen MR) is 47.9 cm³/mol. The molecule has 0 aromatic heterocycles. The fourth-order valence-electron chi connectivity index (χ4n) is 1.89. The summed E-state index contributed by atoms with van der Waals surface area (Å²) in [4.78, 5) is 0. The molecule has 3 N–H and O–H groups in total. The molecule has 1 aliphatic rings. The van der Waals surface area contributed by atoms with Gasteiger partial charge in [0.15, 0.2) is 0 Å². The second-order valence-electron chi connectivity index (χ2n) is 3.33. The van der Waals surface area contributed by atoms with Gasteiger partial charge in [0.05, 0.1) is 0 Å². The number of nitrogens with one attached hydrogen (secondary N) is 1. The van der Waals surface area contributed by atoms with Gasteiger partial charge in [-0.1, -0.05) is 25.3 Å². The minimum Gasteiger partial charge on any atom is -0.271 e. The van der Waals surface area contributed by atoms with Crippen molar-refractivity contribution in [2.45, 2.75) is 38.1 Å². The van der Waals surface area contributed by atoms with E-state index >= 15 is 0 Å². The molecule has 0 radical (unpaired) electrons. The second-order valence-corrected chi connectivity index (χ2v) is 3.33. The van der Waals surface area contributed by atoms with Crippen molar-refractivity contribution in [3.05, 3.63) is 12.7 Å². The van der Waals surface area contributed by atoms with Gasteiger partial charge >= 0.3 is 0 Å². The zero-order valence-corrected chi connectivity index (χ0v) is 7.05. The van der Waals surface area contributed by atoms with Crippen molar-refractivity contribution in [3.8, 4) is 0 Å². The van der Waals surface area contributed by atoms with Crippen LogP contribution >= 0.6 is 0 Å². The first-order chi connectivity index (χ1) is 5.38. The largest absolute Gasteiger partial charge is 0.271 e. The summed E-state index contributed by atoms with van der Waals surface area (Å²) in [5, 5.41) is 0. The molecule has 1 rings (SSSR count). The van der Waals surface area contributed by atoms with E-state index in [-0.39, 0.29) is 0 Å². The van der Waals surface area contributed by atoms with E-state index in [2.05, 4.69) is 12.0 Å². The van der Waals surface area contributed by atoms with Crippen LogP contribution in [-0.4, -0.2) is 6.04 Å². The van der Waals surface area contributed by atoms with Gasteiger partial charge in [0, 0.05) is 6.04 Å². The lowest BCUT2D eigenvalue weighted by molar-refractivity contribution is 0.303. The Hall–Kier alpha value is -0.340. The Kier molecular flexibility index (Phi) is 3.60. The lowest BCUT2D eigenvalue weighted by atomic mass is 9.84. The fraction of sp³-hybridized carbons (Fsp3) is 0.778. The van der Waals surface area contributed by atoms with E-state index in [1.54, 1.807) is 0 Å². The maximum Gasteiger partial charge on any atom is 0.0416 e. The van der Waals surface area contributed by atoms with E-state index < -0.39 is 0 Å². The molecule has 0 aliphatic heterocycles. The molecular weight excluding hydrogens is 136 g/mol. The van der Waals surface area contributed by atoms with Crippen LogP contribution in [-0.2, 0) is 0 Å². The molecular formula is C9H18N2. The second kappa shape index (κ2) is 4.52. The first-order valence-electron chi connectivity index (χ1n) is 4.47. The highest BCUT2D eigenvalue weighted by Crippen LogP contribution is 2.26. The summed E-state index contributed by atoms with van der Waals surface area (Å²) >= 11 is 0. The molecule has 0 saturated heterocycles. The van der Waals surface area contributed by atoms with Crippen molar-refractivity contribution < 1.29 is 0 Å². The van der Waals surface area contributed by atoms with Crippen LogP contribution in [0.4, 0.5) is 0 Å². The first kappa shape index (κ1) is 8.75. The monoisotopic (exact) mass is 154 g/mol. The molecule has 11 heavy (non-hydrogen) atoms. The van der Waals surface area contributed by atoms with Gasteiger partial charge in [-0.2, -0.15) is 0 Å². The average molecular weight is 154 g/mol. The Morgan fingerprint density at radius 3 is 2.45 bits per heavy atom. The quantitative estimate of drug-likeness (QED) is 0.368. The number of rotatable bonds is 3. The van der Waals surface area contributed by atoms with Gasteiger partial charge in [-0.25, -0.2) is 0 Å². The molecule has 0 spiro atoms. The smallest absolute Gasteiger partial charge is 0.0416 e. The highest BCUT2D eigenvalue weighted by Gasteiger charge is 2.19. The molecule has 64 valence electrons. The number of hydrazine groups is 1. The van der Waals surface area contributed by atoms with Crippen LogP contribution in [0.1, 0.15) is 32.1 Å². The molecule has 1 saturated carbocycles. The SMILES string of the molecule is C=C[C@@H](NN)C1CCCCC1. The van der Waals surface area contributed by atoms with Gasteiger partial charge in [-0.3, -0.25) is 11.3 Å². The maximum atomic E-state index is 5.39. The molecule has 0 unspecified atom stereocenters. The Morgan fingerprint density at radius 2 is 2.00 bits per heavy atom. The van der Waals surface area contributed by atoms with E-state index in [1.807, 2.05) is 6.08 Å². The minimum atomic E-state index is 0.329. The van der Waals surface area contributed by atoms with Crippen LogP contribution in [0.25, 0.3) is 0 Å². The summed E-state index contributed by atoms with van der Waals surface area (Å²) in [6.07, 6.45) is 8.65. The van der Waals surface area contributed by atoms with Gasteiger partial charge < -0.3 is 0 Å². The molecule has 1 aliphatic carbocycles. The molecule has 0 aromatic carbocycles. The summed E-state index contributed by atoms with van der Waals surface area (Å²) in [5.74, 6) is 6.12. The van der Waals surface area contributed by atoms with Gasteiger partial charge in [0.2, 0.25) is 0 Å². The van der Waals surface area contributed by atoms with Gasteiger partial charge in [0.25, 0.3) is 0 Å². The van der Waals surface area contributed by atoms with Crippen LogP contribution in [0.2, 0.25) is 0 Å². The number of hydrogen-bond acceptors (Lipinski definition) is 2. The third-order valence-electron chi connectivity index (χ3n) is 2.60. The van der Waals surface area contributed by atoms with Gasteiger partial charge in [-0.05, 0) is 18.8 Å². The Balaban J connectivity index is 2.35. The van der Waals surface area contributed by atoms with E-state index in [9.17, 15) is 0 Å². The molecule has 1 fully saturated rings. The van der Waals surface area contributed by atoms with Crippen molar-refractivity contribution in [1.29, 1.82) is 0 Å². The summed E-state index contributed by atoms with van der Waals surface area (Å²) in [5.41, 5.74) is 2.80. The van der Waals surface area contributed by atoms with Crippen molar-refractivity contribution in [3.63, 3.8) is 0 Å². The fourth-order valence-corrected chi connectivity index (χ4v) is 1.89. The van der Waals surface area contributed by atoms with Crippen LogP contribution < -0.4 is 11.3 Å². The van der Waals surface area contributed by atoms with Gasteiger partial charge in [-0.15, -0.1) is 6.58 Å². The number of hydrogen-bond donors (Lipinski definition) is 2. The molecule has 1 atom stereocenters. The topological polar surface area (TPSA) is 38.0 Å². The summed E-state index contributed by atoms with van der Waals surface area (Å²) in [6, 6.07) is 0.329. The lowest BCUT2D eigenvalue weighted by Gasteiger charge is -2.27. The Bertz CT molecular complexity index is 117. The van der Waals surface area contributed by atoms with Crippen molar-refractivity contribution >= 4 is 0 Å². The average Bonchev–Trinajstić information content (AvgIpc) is 2.09. The van der Waals surface area contributed by atoms with Crippen LogP contribution in [0, 0.1) is 5.92 Å². The zero-order valence-electron chi connectivity index (χ0n) is 7.05. The Labute approximate surface area is 68.8 Å². The molecule has 2 heteroatoms. The van der Waals surface area contributed by atoms with Crippen LogP contribution in [0.3, 0.4) is 0 Å². The van der Waals surface area contributed by atoms with E-state index in [0.29, 0.717) is 6.04 Å². The predicted octanol–water partition coefficient (Wildman–Crippen LogP) is 1.58. The van der Waals surface area contributed by atoms with E-state index in [0.717, 1.165) is 5.92 Å². The molecule has 0 heterocycles. The standard InChI is InChI=1S/C9H18N2/c1-2-9(11-10)8-6-4-3-5-7-8/h2,8-9,11H,1,3-7,10H2/t9-/m1/s1. The lowest BCUT2D eigenvalue weighted by Crippen LogP contribution is -2.39. The summed E-state index contributed by atoms with van der Waals surface area (Å²) in [7, 11) is 0. The molecule has 0 aromatic rings. The zero-order chi connectivity index (χ0) is 8.10. The van der Waals surface area contributed by atoms with Crippen LogP contribution in [0.15, 0.2) is 12.7 Å². The summed E-state index contributed by atoms with van der Waals surface area (Å²) < 4.78 is 0. The number of nitrogens with two attached hydrogens (primary N) is 1. The Morgan fingerprint density at radius 1 is 1.36 bits per heavy atom. The van der Waals surface area contributed by atoms with Crippen molar-refractivity contribution in [1.82, 2.24) is 5.43 Å². The third-order valence-corrected chi connectivity index (χ3v) is 2.60. The van der Waals surface area contributed by atoms with Crippen molar-refractivity contribution in [2.75, 3.05) is 0 Å². The van der Waals surface area contributed by atoms with E-state index in [4.69, 9.17) is 5.84 Å². The van der Waals surface area contributed by atoms with E-state index in [1.165, 1.54) is 32.1 Å². The van der Waals surface area contributed by atoms with Crippen LogP contribution in [0.5, 0.6) is 0 Å². The minimum absolute atomic E-state index is 0.329. The molecule has 0 amide bonds. The van der Waals surface area contributed by atoms with Crippen molar-refractivity contribution in [2.24, 2.45) is 11.8 Å². The normalized spacial score (nSPS) is 23.0. The highest BCUT2D eigenvalue weighted by molar-refractivity contribution is 4.90. The molecule has 2 nitrogen and oxygen atoms in total. The molecule has 0 bridgehead atoms. The third kappa shape index (κ3) is 2.31. The summed E-state index contributed by atoms with van der Waals surface area (Å²) in [6.45, 7) is 3.76. The van der Waals surface area contributed by atoms with Gasteiger partial charge in [0.1, 0.15) is 0 Å². The maximum absolute atomic E-state index is 5.39.